The molecule has 1 aromatic heterocycles. The third kappa shape index (κ3) is 3.76. The predicted molar refractivity (Wildman–Crippen MR) is 78.1 cm³/mol. The summed E-state index contributed by atoms with van der Waals surface area (Å²) in [5.74, 6) is 0.751. The van der Waals surface area contributed by atoms with Gasteiger partial charge in [0.25, 0.3) is 0 Å². The fraction of sp³-hybridized carbons (Fsp3) is 0.333. The average molecular weight is 256 g/mol. The molecular weight excluding hydrogens is 236 g/mol. The second-order valence-corrected chi connectivity index (χ2v) is 4.77. The molecule has 1 N–H and O–H groups in total. The minimum Gasteiger partial charge on any atom is -0.340 e. The van der Waals surface area contributed by atoms with Crippen LogP contribution in [0.3, 0.4) is 0 Å². The van der Waals surface area contributed by atoms with Gasteiger partial charge >= 0.3 is 0 Å². The molecule has 0 unspecified atom stereocenters. The Hall–Kier alpha value is -1.94. The standard InChI is InChI=1S/C15H20N4/c1-12-5-4-6-13(7-12)11-19(3)15-17-9-14(8-16-2)10-18-15/h4-7,9-10,16H,8,11H2,1-3H3. The van der Waals surface area contributed by atoms with Crippen molar-refractivity contribution in [2.24, 2.45) is 0 Å². The van der Waals surface area contributed by atoms with Gasteiger partial charge in [0.05, 0.1) is 0 Å². The van der Waals surface area contributed by atoms with E-state index in [-0.39, 0.29) is 0 Å². The van der Waals surface area contributed by atoms with Gasteiger partial charge in [-0.3, -0.25) is 0 Å². The van der Waals surface area contributed by atoms with Gasteiger partial charge in [-0.15, -0.1) is 0 Å². The number of rotatable bonds is 5. The highest BCUT2D eigenvalue weighted by Gasteiger charge is 2.05. The van der Waals surface area contributed by atoms with Crippen LogP contribution in [-0.4, -0.2) is 24.1 Å². The SMILES string of the molecule is CNCc1cnc(N(C)Cc2cccc(C)c2)nc1. The second-order valence-electron chi connectivity index (χ2n) is 4.77. The van der Waals surface area contributed by atoms with Crippen LogP contribution in [0.15, 0.2) is 36.7 Å². The minimum absolute atomic E-state index is 0.751. The summed E-state index contributed by atoms with van der Waals surface area (Å²) in [6.07, 6.45) is 3.73. The number of benzene rings is 1. The summed E-state index contributed by atoms with van der Waals surface area (Å²) in [6.45, 7) is 3.71. The van der Waals surface area contributed by atoms with Gasteiger partial charge in [-0.05, 0) is 19.5 Å². The van der Waals surface area contributed by atoms with Crippen molar-refractivity contribution in [1.29, 1.82) is 0 Å². The van der Waals surface area contributed by atoms with E-state index in [9.17, 15) is 0 Å². The van der Waals surface area contributed by atoms with Crippen LogP contribution in [0.25, 0.3) is 0 Å². The smallest absolute Gasteiger partial charge is 0.225 e. The van der Waals surface area contributed by atoms with E-state index in [4.69, 9.17) is 0 Å². The quantitative estimate of drug-likeness (QED) is 0.890. The Morgan fingerprint density at radius 2 is 1.89 bits per heavy atom. The van der Waals surface area contributed by atoms with E-state index in [2.05, 4.69) is 51.4 Å². The topological polar surface area (TPSA) is 41.1 Å². The van der Waals surface area contributed by atoms with E-state index < -0.39 is 0 Å². The first kappa shape index (κ1) is 13.5. The van der Waals surface area contributed by atoms with Gasteiger partial charge in [-0.2, -0.15) is 0 Å². The molecule has 1 aromatic carbocycles. The number of anilines is 1. The Bertz CT molecular complexity index is 522. The molecule has 100 valence electrons. The van der Waals surface area contributed by atoms with Crippen molar-refractivity contribution >= 4 is 5.95 Å². The molecule has 4 nitrogen and oxygen atoms in total. The maximum Gasteiger partial charge on any atom is 0.225 e. The van der Waals surface area contributed by atoms with Crippen molar-refractivity contribution in [3.63, 3.8) is 0 Å². The molecule has 0 spiro atoms. The molecular formula is C15H20N4. The summed E-state index contributed by atoms with van der Waals surface area (Å²) in [5.41, 5.74) is 3.64. The molecule has 0 fully saturated rings. The third-order valence-electron chi connectivity index (χ3n) is 2.92. The number of aromatic nitrogens is 2. The fourth-order valence-corrected chi connectivity index (χ4v) is 2.00. The minimum atomic E-state index is 0.751. The number of nitrogens with zero attached hydrogens (tertiary/aromatic N) is 3. The first-order chi connectivity index (χ1) is 9.19. The normalized spacial score (nSPS) is 10.5. The number of aryl methyl sites for hydroxylation is 1. The zero-order valence-corrected chi connectivity index (χ0v) is 11.7. The van der Waals surface area contributed by atoms with E-state index in [1.807, 2.05) is 26.5 Å². The maximum atomic E-state index is 4.39. The van der Waals surface area contributed by atoms with Crippen LogP contribution in [0.4, 0.5) is 5.95 Å². The fourth-order valence-electron chi connectivity index (χ4n) is 2.00. The number of hydrogen-bond donors (Lipinski definition) is 1. The van der Waals surface area contributed by atoms with E-state index in [0.717, 1.165) is 24.6 Å². The molecule has 2 aromatic rings. The van der Waals surface area contributed by atoms with Crippen molar-refractivity contribution in [1.82, 2.24) is 15.3 Å². The lowest BCUT2D eigenvalue weighted by Gasteiger charge is -2.17. The van der Waals surface area contributed by atoms with E-state index >= 15 is 0 Å². The summed E-state index contributed by atoms with van der Waals surface area (Å²) >= 11 is 0. The summed E-state index contributed by atoms with van der Waals surface area (Å²) in [5, 5.41) is 3.09. The summed E-state index contributed by atoms with van der Waals surface area (Å²) in [6, 6.07) is 8.49. The third-order valence-corrected chi connectivity index (χ3v) is 2.92. The molecule has 0 saturated carbocycles. The average Bonchev–Trinajstić information content (AvgIpc) is 2.40. The van der Waals surface area contributed by atoms with Gasteiger partial charge in [0.15, 0.2) is 0 Å². The number of hydrogen-bond acceptors (Lipinski definition) is 4. The summed E-state index contributed by atoms with van der Waals surface area (Å²) in [4.78, 5) is 10.8. The second kappa shape index (κ2) is 6.29. The Kier molecular flexibility index (Phi) is 4.47. The largest absolute Gasteiger partial charge is 0.340 e. The molecule has 4 heteroatoms. The Balaban J connectivity index is 2.05. The summed E-state index contributed by atoms with van der Waals surface area (Å²) < 4.78 is 0. The summed E-state index contributed by atoms with van der Waals surface area (Å²) in [7, 11) is 3.92. The van der Waals surface area contributed by atoms with E-state index in [1.54, 1.807) is 0 Å². The van der Waals surface area contributed by atoms with Gasteiger partial charge in [0.2, 0.25) is 5.95 Å². The Morgan fingerprint density at radius 1 is 1.16 bits per heavy atom. The highest BCUT2D eigenvalue weighted by molar-refractivity contribution is 5.32. The molecule has 0 saturated heterocycles. The van der Waals surface area contributed by atoms with E-state index in [0.29, 0.717) is 0 Å². The van der Waals surface area contributed by atoms with Gasteiger partial charge in [-0.1, -0.05) is 29.8 Å². The lowest BCUT2D eigenvalue weighted by Crippen LogP contribution is -2.19. The zero-order chi connectivity index (χ0) is 13.7. The molecule has 0 bridgehead atoms. The molecule has 19 heavy (non-hydrogen) atoms. The lowest BCUT2D eigenvalue weighted by atomic mass is 10.1. The first-order valence-corrected chi connectivity index (χ1v) is 6.41. The Morgan fingerprint density at radius 3 is 2.53 bits per heavy atom. The highest BCUT2D eigenvalue weighted by Crippen LogP contribution is 2.11. The molecule has 0 atom stereocenters. The predicted octanol–water partition coefficient (Wildman–Crippen LogP) is 2.14. The van der Waals surface area contributed by atoms with Gasteiger partial charge in [-0.25, -0.2) is 9.97 Å². The highest BCUT2D eigenvalue weighted by atomic mass is 15.2. The van der Waals surface area contributed by atoms with Crippen molar-refractivity contribution < 1.29 is 0 Å². The van der Waals surface area contributed by atoms with Crippen LogP contribution in [0.1, 0.15) is 16.7 Å². The zero-order valence-electron chi connectivity index (χ0n) is 11.7. The Labute approximate surface area is 114 Å². The van der Waals surface area contributed by atoms with Crippen molar-refractivity contribution in [2.75, 3.05) is 19.0 Å². The van der Waals surface area contributed by atoms with Crippen LogP contribution in [0, 0.1) is 6.92 Å². The monoisotopic (exact) mass is 256 g/mol. The first-order valence-electron chi connectivity index (χ1n) is 6.41. The lowest BCUT2D eigenvalue weighted by molar-refractivity contribution is 0.797. The molecule has 0 radical (unpaired) electrons. The van der Waals surface area contributed by atoms with Gasteiger partial charge in [0.1, 0.15) is 0 Å². The molecule has 0 aliphatic carbocycles. The maximum absolute atomic E-state index is 4.39. The van der Waals surface area contributed by atoms with Gasteiger partial charge < -0.3 is 10.2 Å². The van der Waals surface area contributed by atoms with Crippen LogP contribution < -0.4 is 10.2 Å². The van der Waals surface area contributed by atoms with Gasteiger partial charge in [0, 0.05) is 38.1 Å². The van der Waals surface area contributed by atoms with Crippen LogP contribution >= 0.6 is 0 Å². The number of nitrogens with one attached hydrogen (secondary N) is 1. The molecule has 1 heterocycles. The van der Waals surface area contributed by atoms with Crippen molar-refractivity contribution in [3.8, 4) is 0 Å². The molecule has 2 rings (SSSR count). The van der Waals surface area contributed by atoms with Crippen molar-refractivity contribution in [3.05, 3.63) is 53.3 Å². The molecule has 0 aliphatic heterocycles. The van der Waals surface area contributed by atoms with Crippen LogP contribution in [0.2, 0.25) is 0 Å². The van der Waals surface area contributed by atoms with Crippen LogP contribution in [0.5, 0.6) is 0 Å². The molecule has 0 amide bonds. The molecule has 0 aliphatic rings. The van der Waals surface area contributed by atoms with E-state index in [1.165, 1.54) is 11.1 Å². The van der Waals surface area contributed by atoms with Crippen molar-refractivity contribution in [2.45, 2.75) is 20.0 Å². The van der Waals surface area contributed by atoms with Crippen LogP contribution in [-0.2, 0) is 13.1 Å².